The molecule has 0 radical (unpaired) electrons. The molecule has 8 heteroatoms. The van der Waals surface area contributed by atoms with E-state index >= 15 is 0 Å². The van der Waals surface area contributed by atoms with Crippen molar-refractivity contribution < 1.29 is 14.6 Å². The van der Waals surface area contributed by atoms with E-state index < -0.39 is 5.60 Å². The fourth-order valence-electron chi connectivity index (χ4n) is 4.49. The van der Waals surface area contributed by atoms with Gasteiger partial charge in [0.05, 0.1) is 11.4 Å². The molecule has 5 N–H and O–H groups in total. The molecule has 0 aliphatic heterocycles. The summed E-state index contributed by atoms with van der Waals surface area (Å²) in [4.78, 5) is 12.0. The van der Waals surface area contributed by atoms with Crippen LogP contribution < -0.4 is 16.4 Å². The minimum absolute atomic E-state index is 0.132. The number of nitrogens with two attached hydrogens (primary N) is 1. The smallest absolute Gasteiger partial charge is 0.408 e. The molecule has 2 bridgehead atoms. The number of benzene rings is 1. The van der Waals surface area contributed by atoms with Crippen molar-refractivity contribution >= 4 is 17.6 Å². The molecule has 1 heterocycles. The Kier molecular flexibility index (Phi) is 4.33. The first-order chi connectivity index (χ1) is 13.6. The number of anilines is 2. The Balaban J connectivity index is 1.35. The maximum atomic E-state index is 12.0. The van der Waals surface area contributed by atoms with Crippen LogP contribution in [-0.4, -0.2) is 39.1 Å². The van der Waals surface area contributed by atoms with Crippen molar-refractivity contribution in [1.82, 2.24) is 15.5 Å². The SMILES string of the molecule is CC(C)(C)OC(=O)NC12CC(CNc3cc(-c4ccccc4O)nnc3N)(C1)C2. The number of phenolic OH excluding ortho intramolecular Hbond substituents is 1. The van der Waals surface area contributed by atoms with Crippen LogP contribution in [0.1, 0.15) is 40.0 Å². The minimum Gasteiger partial charge on any atom is -0.507 e. The van der Waals surface area contributed by atoms with Gasteiger partial charge < -0.3 is 26.2 Å². The molecule has 2 aromatic rings. The standard InChI is InChI=1S/C21H27N5O3/c1-19(2,3)29-18(28)24-21-9-20(10-21,11-21)12-23-15-8-14(25-26-17(15)22)13-6-4-5-7-16(13)27/h4-8,27H,9-12H2,1-3H3,(H2,22,26)(H,23,25)(H,24,28). The number of aromatic nitrogens is 2. The molecule has 8 nitrogen and oxygen atoms in total. The molecule has 29 heavy (non-hydrogen) atoms. The minimum atomic E-state index is -0.496. The monoisotopic (exact) mass is 397 g/mol. The number of aromatic hydroxyl groups is 1. The molecule has 0 atom stereocenters. The van der Waals surface area contributed by atoms with Crippen molar-refractivity contribution in [3.63, 3.8) is 0 Å². The van der Waals surface area contributed by atoms with Gasteiger partial charge in [0.2, 0.25) is 0 Å². The van der Waals surface area contributed by atoms with Gasteiger partial charge in [0.1, 0.15) is 11.4 Å². The van der Waals surface area contributed by atoms with Crippen LogP contribution in [0, 0.1) is 5.41 Å². The van der Waals surface area contributed by atoms with E-state index in [1.165, 1.54) is 0 Å². The van der Waals surface area contributed by atoms with Crippen molar-refractivity contribution in [3.05, 3.63) is 30.3 Å². The lowest BCUT2D eigenvalue weighted by Gasteiger charge is -2.70. The number of alkyl carbamates (subject to hydrolysis) is 1. The van der Waals surface area contributed by atoms with Crippen LogP contribution in [0.4, 0.5) is 16.3 Å². The van der Waals surface area contributed by atoms with Gasteiger partial charge in [-0.1, -0.05) is 12.1 Å². The number of amides is 1. The number of nitrogens with zero attached hydrogens (tertiary/aromatic N) is 2. The maximum Gasteiger partial charge on any atom is 0.408 e. The third kappa shape index (κ3) is 3.79. The zero-order chi connectivity index (χ0) is 20.9. The van der Waals surface area contributed by atoms with E-state index in [1.54, 1.807) is 24.3 Å². The van der Waals surface area contributed by atoms with Gasteiger partial charge in [-0.15, -0.1) is 10.2 Å². The van der Waals surface area contributed by atoms with Crippen molar-refractivity contribution in [2.45, 2.75) is 51.2 Å². The van der Waals surface area contributed by atoms with E-state index in [2.05, 4.69) is 20.8 Å². The van der Waals surface area contributed by atoms with E-state index in [1.807, 2.05) is 26.8 Å². The van der Waals surface area contributed by atoms with Gasteiger partial charge in [-0.3, -0.25) is 0 Å². The molecule has 1 aromatic carbocycles. The average molecular weight is 397 g/mol. The highest BCUT2D eigenvalue weighted by Crippen LogP contribution is 2.67. The fraction of sp³-hybridized carbons (Fsp3) is 0.476. The van der Waals surface area contributed by atoms with Crippen LogP contribution in [-0.2, 0) is 4.74 Å². The van der Waals surface area contributed by atoms with Gasteiger partial charge >= 0.3 is 6.09 Å². The van der Waals surface area contributed by atoms with Crippen LogP contribution in [0.2, 0.25) is 0 Å². The predicted molar refractivity (Wildman–Crippen MR) is 110 cm³/mol. The quantitative estimate of drug-likeness (QED) is 0.610. The Bertz CT molecular complexity index is 934. The third-order valence-corrected chi connectivity index (χ3v) is 5.56. The molecule has 1 aromatic heterocycles. The number of ether oxygens (including phenoxy) is 1. The first-order valence-corrected chi connectivity index (χ1v) is 9.75. The summed E-state index contributed by atoms with van der Waals surface area (Å²) >= 11 is 0. The molecular weight excluding hydrogens is 370 g/mol. The Morgan fingerprint density at radius 1 is 1.24 bits per heavy atom. The molecule has 3 fully saturated rings. The highest BCUT2D eigenvalue weighted by atomic mass is 16.6. The van der Waals surface area contributed by atoms with Crippen molar-refractivity contribution in [2.24, 2.45) is 5.41 Å². The van der Waals surface area contributed by atoms with E-state index in [0.29, 0.717) is 22.8 Å². The van der Waals surface area contributed by atoms with Gasteiger partial charge in [0, 0.05) is 17.6 Å². The number of nitrogen functional groups attached to an aromatic ring is 1. The lowest BCUT2D eigenvalue weighted by Crippen LogP contribution is -2.76. The molecule has 3 aliphatic carbocycles. The second-order valence-corrected chi connectivity index (χ2v) is 9.34. The Morgan fingerprint density at radius 2 is 1.93 bits per heavy atom. The molecule has 1 amide bonds. The van der Waals surface area contributed by atoms with E-state index in [9.17, 15) is 9.90 Å². The van der Waals surface area contributed by atoms with Crippen LogP contribution in [0.25, 0.3) is 11.3 Å². The molecule has 154 valence electrons. The summed E-state index contributed by atoms with van der Waals surface area (Å²) in [5.41, 5.74) is 7.36. The van der Waals surface area contributed by atoms with Gasteiger partial charge in [0.15, 0.2) is 5.82 Å². The van der Waals surface area contributed by atoms with Crippen LogP contribution >= 0.6 is 0 Å². The summed E-state index contributed by atoms with van der Waals surface area (Å²) in [5.74, 6) is 0.462. The number of hydrogen-bond acceptors (Lipinski definition) is 7. The summed E-state index contributed by atoms with van der Waals surface area (Å²) in [5, 5.41) is 24.6. The van der Waals surface area contributed by atoms with E-state index in [4.69, 9.17) is 10.5 Å². The average Bonchev–Trinajstić information content (AvgIpc) is 2.56. The summed E-state index contributed by atoms with van der Waals surface area (Å²) in [7, 11) is 0. The molecular formula is C21H27N5O3. The van der Waals surface area contributed by atoms with E-state index in [0.717, 1.165) is 25.8 Å². The second-order valence-electron chi connectivity index (χ2n) is 9.34. The van der Waals surface area contributed by atoms with Crippen LogP contribution in [0.15, 0.2) is 30.3 Å². The zero-order valence-corrected chi connectivity index (χ0v) is 17.0. The normalized spacial score (nSPS) is 24.8. The van der Waals surface area contributed by atoms with Crippen LogP contribution in [0.3, 0.4) is 0 Å². The molecule has 0 saturated heterocycles. The molecule has 0 spiro atoms. The lowest BCUT2D eigenvalue weighted by molar-refractivity contribution is -0.141. The number of para-hydroxylation sites is 1. The molecule has 3 aliphatic rings. The highest BCUT2D eigenvalue weighted by Gasteiger charge is 2.68. The molecule has 3 saturated carbocycles. The lowest BCUT2D eigenvalue weighted by atomic mass is 9.39. The predicted octanol–water partition coefficient (Wildman–Crippen LogP) is 3.29. The van der Waals surface area contributed by atoms with Crippen LogP contribution in [0.5, 0.6) is 5.75 Å². The number of carbonyl (C=O) groups excluding carboxylic acids is 1. The fourth-order valence-corrected chi connectivity index (χ4v) is 4.49. The third-order valence-electron chi connectivity index (χ3n) is 5.56. The van der Waals surface area contributed by atoms with E-state index in [-0.39, 0.29) is 22.8 Å². The maximum absolute atomic E-state index is 12.0. The highest BCUT2D eigenvalue weighted by molar-refractivity contribution is 5.73. The summed E-state index contributed by atoms with van der Waals surface area (Å²) in [6, 6.07) is 8.79. The van der Waals surface area contributed by atoms with Crippen molar-refractivity contribution in [3.8, 4) is 17.0 Å². The summed E-state index contributed by atoms with van der Waals surface area (Å²) in [6.07, 6.45) is 2.39. The summed E-state index contributed by atoms with van der Waals surface area (Å²) < 4.78 is 5.36. The second kappa shape index (κ2) is 6.50. The van der Waals surface area contributed by atoms with Gasteiger partial charge in [-0.2, -0.15) is 0 Å². The molecule has 0 unspecified atom stereocenters. The number of nitrogens with one attached hydrogen (secondary N) is 2. The van der Waals surface area contributed by atoms with Gasteiger partial charge in [-0.05, 0) is 63.6 Å². The largest absolute Gasteiger partial charge is 0.507 e. The number of hydrogen-bond donors (Lipinski definition) is 4. The molecule has 5 rings (SSSR count). The Labute approximate surface area is 169 Å². The number of rotatable bonds is 5. The Hall–Kier alpha value is -3.03. The zero-order valence-electron chi connectivity index (χ0n) is 17.0. The number of phenols is 1. The Morgan fingerprint density at radius 3 is 2.59 bits per heavy atom. The first kappa shape index (κ1) is 19.3. The topological polar surface area (TPSA) is 122 Å². The van der Waals surface area contributed by atoms with Gasteiger partial charge in [0.25, 0.3) is 0 Å². The van der Waals surface area contributed by atoms with Crippen molar-refractivity contribution in [1.29, 1.82) is 0 Å². The first-order valence-electron chi connectivity index (χ1n) is 9.75. The van der Waals surface area contributed by atoms with Gasteiger partial charge in [-0.25, -0.2) is 4.79 Å². The van der Waals surface area contributed by atoms with Crippen molar-refractivity contribution in [2.75, 3.05) is 17.6 Å². The number of carbonyl (C=O) groups is 1. The summed E-state index contributed by atoms with van der Waals surface area (Å²) in [6.45, 7) is 6.31.